The zero-order valence-corrected chi connectivity index (χ0v) is 24.3. The number of hydrogen-bond acceptors (Lipinski definition) is 5. The summed E-state index contributed by atoms with van der Waals surface area (Å²) < 4.78 is 13.0. The van der Waals surface area contributed by atoms with Gasteiger partial charge in [-0.1, -0.05) is 30.7 Å². The van der Waals surface area contributed by atoms with E-state index in [4.69, 9.17) is 21.1 Å². The standard InChI is InChI=1S/C31H33BrClNO4/c1-3-14-34-23-10-6-12-25(35)29(23)28(30-24(34)11-7-13-26(30)36)20-16-22(32)31(27(17-20)37-4-2)38-18-19-8-5-9-21(33)15-19/h5,8-9,15-17,28H,3-4,6-7,10-14,18H2,1-2H3. The number of benzene rings is 2. The minimum Gasteiger partial charge on any atom is -0.490 e. The summed E-state index contributed by atoms with van der Waals surface area (Å²) >= 11 is 9.88. The second-order valence-corrected chi connectivity index (χ2v) is 11.3. The van der Waals surface area contributed by atoms with E-state index in [1.807, 2.05) is 43.3 Å². The normalized spacial score (nSPS) is 18.1. The van der Waals surface area contributed by atoms with Crippen molar-refractivity contribution in [2.24, 2.45) is 0 Å². The SMILES string of the molecule is CCCN1C2=C(C(=O)CCC2)C(c2cc(Br)c(OCc3cccc(Cl)c3)c(OCC)c2)C2=C1CCCC2=O. The van der Waals surface area contributed by atoms with Gasteiger partial charge in [0.1, 0.15) is 6.61 Å². The minimum atomic E-state index is -0.383. The lowest BCUT2D eigenvalue weighted by molar-refractivity contribution is -0.117. The summed E-state index contributed by atoms with van der Waals surface area (Å²) in [7, 11) is 0. The van der Waals surface area contributed by atoms with E-state index in [1.165, 1.54) is 0 Å². The number of hydrogen-bond donors (Lipinski definition) is 0. The molecule has 0 unspecified atom stereocenters. The second-order valence-electron chi connectivity index (χ2n) is 10.0. The molecule has 0 radical (unpaired) electrons. The summed E-state index contributed by atoms with van der Waals surface area (Å²) in [5.74, 6) is 1.10. The number of ketones is 2. The number of halogens is 2. The number of Topliss-reactive ketones (excluding diaryl/α,β-unsaturated/α-hetero) is 2. The summed E-state index contributed by atoms with van der Waals surface area (Å²) in [5, 5.41) is 0.655. The van der Waals surface area contributed by atoms with Crippen molar-refractivity contribution in [3.8, 4) is 11.5 Å². The summed E-state index contributed by atoms with van der Waals surface area (Å²) in [6.45, 7) is 5.69. The van der Waals surface area contributed by atoms with Gasteiger partial charge in [-0.3, -0.25) is 9.59 Å². The van der Waals surface area contributed by atoms with E-state index < -0.39 is 0 Å². The number of carbonyl (C=O) groups is 2. The maximum Gasteiger partial charge on any atom is 0.175 e. The van der Waals surface area contributed by atoms with Crippen LogP contribution in [0, 0.1) is 0 Å². The molecule has 0 saturated carbocycles. The van der Waals surface area contributed by atoms with Crippen LogP contribution in [0.3, 0.4) is 0 Å². The third-order valence-corrected chi connectivity index (χ3v) is 8.30. The third kappa shape index (κ3) is 5.17. The van der Waals surface area contributed by atoms with Gasteiger partial charge < -0.3 is 14.4 Å². The first-order chi connectivity index (χ1) is 18.4. The molecular weight excluding hydrogens is 566 g/mol. The van der Waals surface area contributed by atoms with E-state index >= 15 is 0 Å². The first-order valence-electron chi connectivity index (χ1n) is 13.6. The van der Waals surface area contributed by atoms with Gasteiger partial charge in [0.05, 0.1) is 11.1 Å². The lowest BCUT2D eigenvalue weighted by Crippen LogP contribution is -2.39. The van der Waals surface area contributed by atoms with Crippen LogP contribution in [0.15, 0.2) is 63.4 Å². The lowest BCUT2D eigenvalue weighted by Gasteiger charge is -2.44. The van der Waals surface area contributed by atoms with Gasteiger partial charge in [0.2, 0.25) is 0 Å². The first-order valence-corrected chi connectivity index (χ1v) is 14.7. The molecule has 3 aliphatic rings. The van der Waals surface area contributed by atoms with Crippen LogP contribution in [0.25, 0.3) is 0 Å². The number of rotatable bonds is 8. The molecule has 0 spiro atoms. The van der Waals surface area contributed by atoms with Crippen LogP contribution in [0.5, 0.6) is 11.5 Å². The maximum absolute atomic E-state index is 13.5. The highest BCUT2D eigenvalue weighted by molar-refractivity contribution is 9.10. The van der Waals surface area contributed by atoms with Crippen LogP contribution in [0.1, 0.15) is 75.8 Å². The van der Waals surface area contributed by atoms with Crippen LogP contribution in [-0.2, 0) is 16.2 Å². The van der Waals surface area contributed by atoms with Crippen LogP contribution in [0.4, 0.5) is 0 Å². The Morgan fingerprint density at radius 2 is 1.63 bits per heavy atom. The van der Waals surface area contributed by atoms with Crippen LogP contribution >= 0.6 is 27.5 Å². The van der Waals surface area contributed by atoms with Crippen molar-refractivity contribution in [3.05, 3.63) is 79.6 Å². The van der Waals surface area contributed by atoms with E-state index in [-0.39, 0.29) is 17.5 Å². The fraction of sp³-hybridized carbons (Fsp3) is 0.419. The van der Waals surface area contributed by atoms with Crippen molar-refractivity contribution in [2.75, 3.05) is 13.2 Å². The topological polar surface area (TPSA) is 55.8 Å². The number of ether oxygens (including phenoxy) is 2. The van der Waals surface area contributed by atoms with Crippen LogP contribution in [0.2, 0.25) is 5.02 Å². The first kappa shape index (κ1) is 27.0. The third-order valence-electron chi connectivity index (χ3n) is 7.47. The van der Waals surface area contributed by atoms with Gasteiger partial charge in [0.15, 0.2) is 23.1 Å². The zero-order chi connectivity index (χ0) is 26.8. The number of carbonyl (C=O) groups excluding carboxylic acids is 2. The van der Waals surface area contributed by atoms with E-state index in [9.17, 15) is 9.59 Å². The fourth-order valence-electron chi connectivity index (χ4n) is 5.98. The fourth-order valence-corrected chi connectivity index (χ4v) is 6.77. The van der Waals surface area contributed by atoms with Crippen molar-refractivity contribution < 1.29 is 19.1 Å². The highest BCUT2D eigenvalue weighted by Gasteiger charge is 2.43. The van der Waals surface area contributed by atoms with E-state index in [0.717, 1.165) is 76.8 Å². The molecule has 2 aliphatic carbocycles. The minimum absolute atomic E-state index is 0.151. The van der Waals surface area contributed by atoms with Crippen molar-refractivity contribution >= 4 is 39.1 Å². The second kappa shape index (κ2) is 11.7. The summed E-state index contributed by atoms with van der Waals surface area (Å²) in [4.78, 5) is 29.3. The van der Waals surface area contributed by atoms with Gasteiger partial charge in [-0.05, 0) is 90.4 Å². The summed E-state index contributed by atoms with van der Waals surface area (Å²) in [6.07, 6.45) is 5.43. The monoisotopic (exact) mass is 597 g/mol. The highest BCUT2D eigenvalue weighted by Crippen LogP contribution is 2.51. The van der Waals surface area contributed by atoms with Crippen molar-refractivity contribution in [2.45, 2.75) is 71.3 Å². The van der Waals surface area contributed by atoms with E-state index in [1.54, 1.807) is 0 Å². The Kier molecular flexibility index (Phi) is 8.29. The molecule has 0 bridgehead atoms. The molecule has 5 rings (SSSR count). The van der Waals surface area contributed by atoms with Crippen molar-refractivity contribution in [1.29, 1.82) is 0 Å². The van der Waals surface area contributed by atoms with Gasteiger partial charge in [0.25, 0.3) is 0 Å². The molecule has 7 heteroatoms. The largest absolute Gasteiger partial charge is 0.490 e. The molecule has 0 atom stereocenters. The Balaban J connectivity index is 1.61. The molecule has 0 fully saturated rings. The van der Waals surface area contributed by atoms with E-state index in [2.05, 4.69) is 27.8 Å². The Morgan fingerprint density at radius 3 is 2.24 bits per heavy atom. The Labute approximate surface area is 238 Å². The van der Waals surface area contributed by atoms with E-state index in [0.29, 0.717) is 42.6 Å². The average Bonchev–Trinajstić information content (AvgIpc) is 2.89. The lowest BCUT2D eigenvalue weighted by atomic mass is 9.71. The molecule has 0 aromatic heterocycles. The Morgan fingerprint density at radius 1 is 0.947 bits per heavy atom. The van der Waals surface area contributed by atoms with Gasteiger partial charge in [-0.25, -0.2) is 0 Å². The molecular formula is C31H33BrClNO4. The molecule has 0 amide bonds. The van der Waals surface area contributed by atoms with Gasteiger partial charge in [-0.15, -0.1) is 0 Å². The Hall–Kier alpha value is -2.57. The molecule has 0 N–H and O–H groups in total. The smallest absolute Gasteiger partial charge is 0.175 e. The molecule has 2 aromatic rings. The highest BCUT2D eigenvalue weighted by atomic mass is 79.9. The van der Waals surface area contributed by atoms with Crippen LogP contribution < -0.4 is 9.47 Å². The molecule has 1 aliphatic heterocycles. The number of nitrogens with zero attached hydrogens (tertiary/aromatic N) is 1. The molecule has 200 valence electrons. The molecule has 2 aromatic carbocycles. The number of allylic oxidation sites excluding steroid dienone is 4. The molecule has 38 heavy (non-hydrogen) atoms. The average molecular weight is 599 g/mol. The summed E-state index contributed by atoms with van der Waals surface area (Å²) in [5.41, 5.74) is 5.64. The molecule has 0 saturated heterocycles. The molecule has 5 nitrogen and oxygen atoms in total. The van der Waals surface area contributed by atoms with Crippen molar-refractivity contribution in [3.63, 3.8) is 0 Å². The van der Waals surface area contributed by atoms with Gasteiger partial charge in [0, 0.05) is 52.9 Å². The maximum atomic E-state index is 13.5. The van der Waals surface area contributed by atoms with Crippen molar-refractivity contribution in [1.82, 2.24) is 4.90 Å². The predicted molar refractivity (Wildman–Crippen MR) is 153 cm³/mol. The molecule has 1 heterocycles. The van der Waals surface area contributed by atoms with Gasteiger partial charge >= 0.3 is 0 Å². The van der Waals surface area contributed by atoms with Gasteiger partial charge in [-0.2, -0.15) is 0 Å². The van der Waals surface area contributed by atoms with Crippen LogP contribution in [-0.4, -0.2) is 29.6 Å². The predicted octanol–water partition coefficient (Wildman–Crippen LogP) is 7.90. The summed E-state index contributed by atoms with van der Waals surface area (Å²) in [6, 6.07) is 11.5. The Bertz CT molecular complexity index is 1290. The zero-order valence-electron chi connectivity index (χ0n) is 21.9. The quantitative estimate of drug-likeness (QED) is 0.309.